The Bertz CT molecular complexity index is 358. The Hall–Kier alpha value is -1.32. The molecule has 1 heterocycles. The van der Waals surface area contributed by atoms with E-state index in [0.717, 1.165) is 18.2 Å². The maximum atomic E-state index is 4.52. The molecule has 4 heteroatoms. The van der Waals surface area contributed by atoms with Gasteiger partial charge in [0, 0.05) is 12.1 Å². The van der Waals surface area contributed by atoms with Crippen molar-refractivity contribution in [3.05, 3.63) is 12.4 Å². The second kappa shape index (κ2) is 5.34. The summed E-state index contributed by atoms with van der Waals surface area (Å²) in [7, 11) is 0. The highest BCUT2D eigenvalue weighted by molar-refractivity contribution is 5.43. The van der Waals surface area contributed by atoms with Gasteiger partial charge < -0.3 is 10.6 Å². The monoisotopic (exact) mass is 234 g/mol. The highest BCUT2D eigenvalue weighted by atomic mass is 15.1. The summed E-state index contributed by atoms with van der Waals surface area (Å²) < 4.78 is 0. The highest BCUT2D eigenvalue weighted by Crippen LogP contribution is 2.30. The van der Waals surface area contributed by atoms with Crippen LogP contribution in [0.4, 0.5) is 11.6 Å². The lowest BCUT2D eigenvalue weighted by Crippen LogP contribution is -2.37. The van der Waals surface area contributed by atoms with Gasteiger partial charge in [-0.2, -0.15) is 0 Å². The fourth-order valence-electron chi connectivity index (χ4n) is 2.46. The molecule has 0 aromatic carbocycles. The first-order valence-corrected chi connectivity index (χ1v) is 6.56. The molecule has 0 spiro atoms. The lowest BCUT2D eigenvalue weighted by atomic mass is 9.83. The Balaban J connectivity index is 2.04. The molecule has 2 N–H and O–H groups in total. The Kier molecular flexibility index (Phi) is 3.82. The molecule has 1 aromatic heterocycles. The van der Waals surface area contributed by atoms with E-state index in [-0.39, 0.29) is 5.54 Å². The van der Waals surface area contributed by atoms with Gasteiger partial charge in [0.05, 0.1) is 12.4 Å². The molecule has 94 valence electrons. The molecule has 1 aliphatic carbocycles. The second-order valence-electron chi connectivity index (χ2n) is 5.07. The zero-order chi connectivity index (χ0) is 12.1. The summed E-state index contributed by atoms with van der Waals surface area (Å²) in [5, 5.41) is 6.73. The Morgan fingerprint density at radius 3 is 2.59 bits per heavy atom. The average Bonchev–Trinajstić information content (AvgIpc) is 2.30. The van der Waals surface area contributed by atoms with E-state index in [1.807, 2.05) is 0 Å². The van der Waals surface area contributed by atoms with Crippen LogP contribution in [0, 0.1) is 0 Å². The molecule has 1 fully saturated rings. The number of rotatable bonds is 4. The van der Waals surface area contributed by atoms with E-state index in [0.29, 0.717) is 0 Å². The molecule has 1 saturated carbocycles. The molecule has 17 heavy (non-hydrogen) atoms. The first-order valence-electron chi connectivity index (χ1n) is 6.56. The minimum atomic E-state index is 0.192. The minimum Gasteiger partial charge on any atom is -0.369 e. The van der Waals surface area contributed by atoms with Gasteiger partial charge in [0.15, 0.2) is 0 Å². The first-order chi connectivity index (χ1) is 8.22. The van der Waals surface area contributed by atoms with Crippen molar-refractivity contribution >= 4 is 11.6 Å². The second-order valence-corrected chi connectivity index (χ2v) is 5.07. The quantitative estimate of drug-likeness (QED) is 0.840. The van der Waals surface area contributed by atoms with Crippen molar-refractivity contribution in [3.63, 3.8) is 0 Å². The fraction of sp³-hybridized carbons (Fsp3) is 0.692. The molecular weight excluding hydrogens is 212 g/mol. The molecule has 0 saturated heterocycles. The van der Waals surface area contributed by atoms with Gasteiger partial charge in [-0.1, -0.05) is 19.3 Å². The van der Waals surface area contributed by atoms with E-state index in [2.05, 4.69) is 34.4 Å². The maximum Gasteiger partial charge on any atom is 0.147 e. The topological polar surface area (TPSA) is 49.8 Å². The lowest BCUT2D eigenvalue weighted by molar-refractivity contribution is 0.348. The van der Waals surface area contributed by atoms with E-state index >= 15 is 0 Å². The summed E-state index contributed by atoms with van der Waals surface area (Å²) in [5.74, 6) is 1.73. The summed E-state index contributed by atoms with van der Waals surface area (Å²) in [4.78, 5) is 8.73. The van der Waals surface area contributed by atoms with E-state index in [1.165, 1.54) is 32.1 Å². The van der Waals surface area contributed by atoms with Crippen molar-refractivity contribution in [1.29, 1.82) is 0 Å². The number of nitrogens with zero attached hydrogens (tertiary/aromatic N) is 2. The summed E-state index contributed by atoms with van der Waals surface area (Å²) in [5.41, 5.74) is 0.192. The molecular formula is C13H22N4. The molecule has 1 aromatic rings. The number of hydrogen-bond donors (Lipinski definition) is 2. The van der Waals surface area contributed by atoms with Crippen LogP contribution in [0.2, 0.25) is 0 Å². The maximum absolute atomic E-state index is 4.52. The smallest absolute Gasteiger partial charge is 0.147 e. The number of nitrogens with one attached hydrogen (secondary N) is 2. The van der Waals surface area contributed by atoms with Gasteiger partial charge in [-0.05, 0) is 26.7 Å². The minimum absolute atomic E-state index is 0.192. The van der Waals surface area contributed by atoms with Crippen LogP contribution in [-0.4, -0.2) is 22.1 Å². The average molecular weight is 234 g/mol. The van der Waals surface area contributed by atoms with Crippen LogP contribution >= 0.6 is 0 Å². The number of anilines is 2. The first kappa shape index (κ1) is 12.1. The van der Waals surface area contributed by atoms with E-state index in [4.69, 9.17) is 0 Å². The summed E-state index contributed by atoms with van der Waals surface area (Å²) in [6.07, 6.45) is 9.99. The van der Waals surface area contributed by atoms with Crippen molar-refractivity contribution in [2.24, 2.45) is 0 Å². The standard InChI is InChI=1S/C13H22N4/c1-3-15-11-9-14-10-12(16-11)17-13(2)7-5-4-6-8-13/h9-10H,3-8H2,1-2H3,(H2,15,16,17). The molecule has 0 radical (unpaired) electrons. The summed E-state index contributed by atoms with van der Waals surface area (Å²) in [6, 6.07) is 0. The predicted molar refractivity (Wildman–Crippen MR) is 71.3 cm³/mol. The van der Waals surface area contributed by atoms with Crippen LogP contribution in [0.5, 0.6) is 0 Å². The molecule has 0 atom stereocenters. The third kappa shape index (κ3) is 3.32. The van der Waals surface area contributed by atoms with Crippen LogP contribution in [0.25, 0.3) is 0 Å². The van der Waals surface area contributed by atoms with Gasteiger partial charge in [0.1, 0.15) is 11.6 Å². The van der Waals surface area contributed by atoms with Crippen molar-refractivity contribution in [1.82, 2.24) is 9.97 Å². The van der Waals surface area contributed by atoms with Crippen LogP contribution in [-0.2, 0) is 0 Å². The van der Waals surface area contributed by atoms with E-state index in [1.54, 1.807) is 12.4 Å². The highest BCUT2D eigenvalue weighted by Gasteiger charge is 2.26. The molecule has 1 aliphatic rings. The van der Waals surface area contributed by atoms with Crippen molar-refractivity contribution in [2.75, 3.05) is 17.2 Å². The van der Waals surface area contributed by atoms with Gasteiger partial charge >= 0.3 is 0 Å². The van der Waals surface area contributed by atoms with Crippen molar-refractivity contribution in [3.8, 4) is 0 Å². The lowest BCUT2D eigenvalue weighted by Gasteiger charge is -2.35. The van der Waals surface area contributed by atoms with E-state index < -0.39 is 0 Å². The Labute approximate surface area is 103 Å². The largest absolute Gasteiger partial charge is 0.369 e. The third-order valence-electron chi connectivity index (χ3n) is 3.38. The van der Waals surface area contributed by atoms with E-state index in [9.17, 15) is 0 Å². The molecule has 0 amide bonds. The van der Waals surface area contributed by atoms with Gasteiger partial charge in [-0.3, -0.25) is 4.98 Å². The normalized spacial score (nSPS) is 18.7. The molecule has 2 rings (SSSR count). The fourth-order valence-corrected chi connectivity index (χ4v) is 2.46. The van der Waals surface area contributed by atoms with Gasteiger partial charge in [-0.25, -0.2) is 4.98 Å². The van der Waals surface area contributed by atoms with Crippen LogP contribution in [0.1, 0.15) is 46.0 Å². The van der Waals surface area contributed by atoms with Crippen LogP contribution < -0.4 is 10.6 Å². The van der Waals surface area contributed by atoms with Gasteiger partial charge in [-0.15, -0.1) is 0 Å². The zero-order valence-corrected chi connectivity index (χ0v) is 10.8. The Morgan fingerprint density at radius 2 is 1.88 bits per heavy atom. The summed E-state index contributed by atoms with van der Waals surface area (Å²) in [6.45, 7) is 5.22. The van der Waals surface area contributed by atoms with Crippen molar-refractivity contribution < 1.29 is 0 Å². The summed E-state index contributed by atoms with van der Waals surface area (Å²) >= 11 is 0. The van der Waals surface area contributed by atoms with Crippen LogP contribution in [0.15, 0.2) is 12.4 Å². The van der Waals surface area contributed by atoms with Gasteiger partial charge in [0.25, 0.3) is 0 Å². The number of hydrogen-bond acceptors (Lipinski definition) is 4. The van der Waals surface area contributed by atoms with Crippen LogP contribution in [0.3, 0.4) is 0 Å². The van der Waals surface area contributed by atoms with Crippen molar-refractivity contribution in [2.45, 2.75) is 51.5 Å². The SMILES string of the molecule is CCNc1cncc(NC2(C)CCCCC2)n1. The molecule has 0 unspecified atom stereocenters. The zero-order valence-electron chi connectivity index (χ0n) is 10.8. The molecule has 0 aliphatic heterocycles. The molecule has 0 bridgehead atoms. The third-order valence-corrected chi connectivity index (χ3v) is 3.38. The molecule has 4 nitrogen and oxygen atoms in total. The predicted octanol–water partition coefficient (Wildman–Crippen LogP) is 3.04. The van der Waals surface area contributed by atoms with Gasteiger partial charge in [0.2, 0.25) is 0 Å². The number of aromatic nitrogens is 2. The Morgan fingerprint density at radius 1 is 1.18 bits per heavy atom.